The number of anilines is 2. The van der Waals surface area contributed by atoms with Crippen molar-refractivity contribution in [2.45, 2.75) is 13.5 Å². The number of hydrogen-bond acceptors (Lipinski definition) is 3. The minimum Gasteiger partial charge on any atom is -0.361 e. The van der Waals surface area contributed by atoms with E-state index in [-0.39, 0.29) is 5.91 Å². The van der Waals surface area contributed by atoms with E-state index in [4.69, 9.17) is 11.5 Å². The van der Waals surface area contributed by atoms with Gasteiger partial charge in [0.25, 0.3) is 5.91 Å². The van der Waals surface area contributed by atoms with Gasteiger partial charge in [0.2, 0.25) is 0 Å². The minimum absolute atomic E-state index is 0.183. The third kappa shape index (κ3) is 2.69. The fraction of sp³-hybridized carbons (Fsp3) is 0.125. The first-order valence-electron chi connectivity index (χ1n) is 7.10. The molecule has 3 amide bonds. The number of benzene rings is 1. The van der Waals surface area contributed by atoms with Crippen molar-refractivity contribution in [2.24, 2.45) is 11.5 Å². The molecular weight excluding hydrogens is 294 g/mol. The highest BCUT2D eigenvalue weighted by molar-refractivity contribution is 6.36. The lowest BCUT2D eigenvalue weighted by Crippen LogP contribution is -2.19. The van der Waals surface area contributed by atoms with Gasteiger partial charge in [0.1, 0.15) is 0 Å². The van der Waals surface area contributed by atoms with Crippen LogP contribution >= 0.6 is 0 Å². The molecule has 7 nitrogen and oxygen atoms in total. The van der Waals surface area contributed by atoms with Crippen LogP contribution < -0.4 is 22.1 Å². The van der Waals surface area contributed by atoms with E-state index in [1.807, 2.05) is 19.2 Å². The molecule has 0 fully saturated rings. The number of nitrogens with one attached hydrogen (secondary N) is 3. The Morgan fingerprint density at radius 3 is 2.74 bits per heavy atom. The van der Waals surface area contributed by atoms with Crippen LogP contribution in [0.15, 0.2) is 30.5 Å². The Kier molecular flexibility index (Phi) is 3.63. The van der Waals surface area contributed by atoms with Crippen molar-refractivity contribution in [2.75, 3.05) is 10.6 Å². The van der Waals surface area contributed by atoms with Gasteiger partial charge in [-0.25, -0.2) is 4.79 Å². The normalized spacial score (nSPS) is 15.1. The number of hydrogen-bond donors (Lipinski definition) is 5. The van der Waals surface area contributed by atoms with Crippen LogP contribution in [-0.4, -0.2) is 16.9 Å². The molecule has 1 aliphatic heterocycles. The maximum atomic E-state index is 12.3. The zero-order valence-corrected chi connectivity index (χ0v) is 12.6. The molecule has 0 atom stereocenters. The molecule has 2 heterocycles. The van der Waals surface area contributed by atoms with E-state index in [1.54, 1.807) is 18.2 Å². The highest BCUT2D eigenvalue weighted by atomic mass is 16.2. The highest BCUT2D eigenvalue weighted by Crippen LogP contribution is 2.38. The van der Waals surface area contributed by atoms with Gasteiger partial charge < -0.3 is 27.1 Å². The van der Waals surface area contributed by atoms with Crippen molar-refractivity contribution in [1.29, 1.82) is 0 Å². The monoisotopic (exact) mass is 311 g/mol. The molecule has 0 aliphatic carbocycles. The van der Waals surface area contributed by atoms with E-state index in [0.29, 0.717) is 23.5 Å². The second-order valence-electron chi connectivity index (χ2n) is 5.33. The van der Waals surface area contributed by atoms with E-state index in [9.17, 15) is 9.59 Å². The molecule has 0 saturated carbocycles. The molecule has 1 aliphatic rings. The standard InChI is InChI=1S/C16H17N5O2/c1-8(13-4-9(6-17)7-19-13)14-11-5-10(20-16(18)23)2-3-12(11)21-15(14)22/h2-5,7,19H,6,17H2,1H3,(H,21,22)(H3,18,20,23). The topological polar surface area (TPSA) is 126 Å². The quantitative estimate of drug-likeness (QED) is 0.555. The number of carbonyl (C=O) groups is 2. The maximum Gasteiger partial charge on any atom is 0.316 e. The van der Waals surface area contributed by atoms with Crippen molar-refractivity contribution < 1.29 is 9.59 Å². The summed E-state index contributed by atoms with van der Waals surface area (Å²) >= 11 is 0. The van der Waals surface area contributed by atoms with Crippen molar-refractivity contribution in [3.8, 4) is 0 Å². The zero-order valence-electron chi connectivity index (χ0n) is 12.6. The first-order chi connectivity index (χ1) is 11.0. The molecule has 0 saturated heterocycles. The Balaban J connectivity index is 2.09. The largest absolute Gasteiger partial charge is 0.361 e. The summed E-state index contributed by atoms with van der Waals surface area (Å²) in [5, 5.41) is 5.33. The molecule has 0 bridgehead atoms. The number of nitrogens with two attached hydrogens (primary N) is 2. The van der Waals surface area contributed by atoms with Crippen LogP contribution in [0.5, 0.6) is 0 Å². The van der Waals surface area contributed by atoms with Gasteiger partial charge >= 0.3 is 6.03 Å². The molecule has 0 spiro atoms. The Morgan fingerprint density at radius 1 is 1.30 bits per heavy atom. The minimum atomic E-state index is -0.651. The van der Waals surface area contributed by atoms with Gasteiger partial charge in [0, 0.05) is 35.4 Å². The van der Waals surface area contributed by atoms with Gasteiger partial charge in [-0.2, -0.15) is 0 Å². The molecule has 0 unspecified atom stereocenters. The second kappa shape index (κ2) is 5.62. The van der Waals surface area contributed by atoms with E-state index < -0.39 is 6.03 Å². The van der Waals surface area contributed by atoms with Gasteiger partial charge in [0.15, 0.2) is 0 Å². The number of aromatic amines is 1. The molecule has 23 heavy (non-hydrogen) atoms. The molecule has 118 valence electrons. The summed E-state index contributed by atoms with van der Waals surface area (Å²) in [6.45, 7) is 2.29. The third-order valence-electron chi connectivity index (χ3n) is 3.79. The summed E-state index contributed by atoms with van der Waals surface area (Å²) in [7, 11) is 0. The average Bonchev–Trinajstić information content (AvgIpc) is 3.09. The van der Waals surface area contributed by atoms with Gasteiger partial charge in [0.05, 0.1) is 5.57 Å². The first kappa shape index (κ1) is 14.9. The van der Waals surface area contributed by atoms with Crippen LogP contribution in [0.3, 0.4) is 0 Å². The van der Waals surface area contributed by atoms with Gasteiger partial charge in [-0.3, -0.25) is 4.79 Å². The highest BCUT2D eigenvalue weighted by Gasteiger charge is 2.27. The lowest BCUT2D eigenvalue weighted by molar-refractivity contribution is -0.110. The smallest absolute Gasteiger partial charge is 0.316 e. The summed E-state index contributed by atoms with van der Waals surface area (Å²) in [5.41, 5.74) is 15.9. The predicted octanol–water partition coefficient (Wildman–Crippen LogP) is 1.85. The SMILES string of the molecule is CC(=C1C(=O)Nc2ccc(NC(N)=O)cc21)c1cc(CN)c[nH]1. The zero-order chi connectivity index (χ0) is 16.6. The summed E-state index contributed by atoms with van der Waals surface area (Å²) in [4.78, 5) is 26.5. The van der Waals surface area contributed by atoms with E-state index in [2.05, 4.69) is 15.6 Å². The molecule has 1 aromatic carbocycles. The molecule has 3 rings (SSSR count). The van der Waals surface area contributed by atoms with Gasteiger partial charge in [-0.05, 0) is 42.3 Å². The van der Waals surface area contributed by atoms with Crippen molar-refractivity contribution in [3.63, 3.8) is 0 Å². The number of carbonyl (C=O) groups excluding carboxylic acids is 2. The summed E-state index contributed by atoms with van der Waals surface area (Å²) in [5.74, 6) is -0.183. The molecule has 7 N–H and O–H groups in total. The van der Waals surface area contributed by atoms with Crippen LogP contribution in [0.2, 0.25) is 0 Å². The lowest BCUT2D eigenvalue weighted by atomic mass is 9.99. The lowest BCUT2D eigenvalue weighted by Gasteiger charge is -2.07. The van der Waals surface area contributed by atoms with E-state index in [0.717, 1.165) is 22.4 Å². The average molecular weight is 311 g/mol. The fourth-order valence-electron chi connectivity index (χ4n) is 2.67. The molecular formula is C16H17N5O2. The first-order valence-corrected chi connectivity index (χ1v) is 7.10. The number of urea groups is 1. The van der Waals surface area contributed by atoms with E-state index in [1.165, 1.54) is 0 Å². The Hall–Kier alpha value is -3.06. The number of rotatable bonds is 3. The summed E-state index contributed by atoms with van der Waals surface area (Å²) in [6.07, 6.45) is 1.82. The van der Waals surface area contributed by atoms with Crippen LogP contribution in [0, 0.1) is 0 Å². The van der Waals surface area contributed by atoms with Gasteiger partial charge in [-0.15, -0.1) is 0 Å². The van der Waals surface area contributed by atoms with Crippen LogP contribution in [0.4, 0.5) is 16.2 Å². The summed E-state index contributed by atoms with van der Waals surface area (Å²) < 4.78 is 0. The maximum absolute atomic E-state index is 12.3. The number of H-pyrrole nitrogens is 1. The summed E-state index contributed by atoms with van der Waals surface area (Å²) in [6, 6.07) is 6.41. The van der Waals surface area contributed by atoms with Crippen molar-refractivity contribution >= 4 is 34.5 Å². The number of fused-ring (bicyclic) bond motifs is 1. The van der Waals surface area contributed by atoms with Gasteiger partial charge in [-0.1, -0.05) is 0 Å². The Labute approximate surface area is 132 Å². The number of amides is 3. The molecule has 0 radical (unpaired) electrons. The van der Waals surface area contributed by atoms with E-state index >= 15 is 0 Å². The van der Waals surface area contributed by atoms with Crippen LogP contribution in [-0.2, 0) is 11.3 Å². The second-order valence-corrected chi connectivity index (χ2v) is 5.33. The third-order valence-corrected chi connectivity index (χ3v) is 3.79. The number of allylic oxidation sites excluding steroid dienone is 1. The predicted molar refractivity (Wildman–Crippen MR) is 89.4 cm³/mol. The molecule has 1 aromatic heterocycles. The molecule has 7 heteroatoms. The number of aromatic nitrogens is 1. The Morgan fingerprint density at radius 2 is 2.09 bits per heavy atom. The van der Waals surface area contributed by atoms with Crippen molar-refractivity contribution in [3.05, 3.63) is 47.3 Å². The fourth-order valence-corrected chi connectivity index (χ4v) is 2.67. The Bertz CT molecular complexity index is 835. The van der Waals surface area contributed by atoms with Crippen LogP contribution in [0.1, 0.15) is 23.7 Å². The molecule has 2 aromatic rings. The number of primary amides is 1. The van der Waals surface area contributed by atoms with Crippen LogP contribution in [0.25, 0.3) is 11.1 Å². The van der Waals surface area contributed by atoms with Crippen molar-refractivity contribution in [1.82, 2.24) is 4.98 Å².